The molecule has 0 spiro atoms. The van der Waals surface area contributed by atoms with Crippen molar-refractivity contribution in [3.05, 3.63) is 0 Å². The van der Waals surface area contributed by atoms with Crippen LogP contribution in [0.2, 0.25) is 0 Å². The van der Waals surface area contributed by atoms with Crippen LogP contribution in [0.5, 0.6) is 0 Å². The van der Waals surface area contributed by atoms with Crippen molar-refractivity contribution >= 4 is 11.8 Å². The Bertz CT molecular complexity index is 331. The summed E-state index contributed by atoms with van der Waals surface area (Å²) < 4.78 is 0. The normalized spacial score (nSPS) is 21.4. The number of amides is 2. The number of carbonyl (C=O) groups excluding carboxylic acids is 2. The van der Waals surface area contributed by atoms with E-state index in [2.05, 4.69) is 0 Å². The summed E-state index contributed by atoms with van der Waals surface area (Å²) in [4.78, 5) is 27.5. The lowest BCUT2D eigenvalue weighted by atomic mass is 9.99. The fourth-order valence-corrected chi connectivity index (χ4v) is 2.64. The van der Waals surface area contributed by atoms with Crippen molar-refractivity contribution in [3.8, 4) is 0 Å². The summed E-state index contributed by atoms with van der Waals surface area (Å²) in [5.41, 5.74) is 5.93. The maximum atomic E-state index is 12.3. The first-order chi connectivity index (χ1) is 8.88. The van der Waals surface area contributed by atoms with Gasteiger partial charge in [-0.05, 0) is 25.7 Å². The Balaban J connectivity index is 2.69. The number of rotatable bonds is 4. The highest BCUT2D eigenvalue weighted by Gasteiger charge is 2.31. The summed E-state index contributed by atoms with van der Waals surface area (Å²) in [5, 5.41) is 0. The monoisotopic (exact) mass is 269 g/mol. The van der Waals surface area contributed by atoms with Crippen molar-refractivity contribution < 1.29 is 9.59 Å². The molecule has 5 heteroatoms. The Morgan fingerprint density at radius 2 is 2.05 bits per heavy atom. The number of hydrogen-bond acceptors (Lipinski definition) is 3. The van der Waals surface area contributed by atoms with Gasteiger partial charge in [-0.25, -0.2) is 0 Å². The Morgan fingerprint density at radius 1 is 1.42 bits per heavy atom. The van der Waals surface area contributed by atoms with Gasteiger partial charge >= 0.3 is 0 Å². The summed E-state index contributed by atoms with van der Waals surface area (Å²) in [5.74, 6) is 0.234. The molecule has 2 amide bonds. The molecule has 19 heavy (non-hydrogen) atoms. The molecular weight excluding hydrogens is 242 g/mol. The second-order valence-corrected chi connectivity index (χ2v) is 5.66. The molecule has 1 aliphatic rings. The van der Waals surface area contributed by atoms with Crippen molar-refractivity contribution in [3.63, 3.8) is 0 Å². The average Bonchev–Trinajstić information content (AvgIpc) is 2.37. The number of hydrogen-bond donors (Lipinski definition) is 1. The highest BCUT2D eigenvalue weighted by Crippen LogP contribution is 2.17. The molecular formula is C14H27N3O2. The van der Waals surface area contributed by atoms with Crippen LogP contribution in [0.25, 0.3) is 0 Å². The molecule has 2 N–H and O–H groups in total. The van der Waals surface area contributed by atoms with Gasteiger partial charge < -0.3 is 15.5 Å². The summed E-state index contributed by atoms with van der Waals surface area (Å²) in [7, 11) is 0. The maximum Gasteiger partial charge on any atom is 0.239 e. The SMILES string of the molecule is CCN(C(C)=O)C1CCCN(C(=O)C(N)C(C)C)C1. The van der Waals surface area contributed by atoms with Gasteiger partial charge in [-0.2, -0.15) is 0 Å². The van der Waals surface area contributed by atoms with Gasteiger partial charge in [0.15, 0.2) is 0 Å². The van der Waals surface area contributed by atoms with Crippen LogP contribution in [-0.4, -0.2) is 53.3 Å². The number of likely N-dealkylation sites (tertiary alicyclic amines) is 1. The van der Waals surface area contributed by atoms with E-state index in [0.717, 1.165) is 19.4 Å². The molecule has 1 saturated heterocycles. The molecule has 2 atom stereocenters. The van der Waals surface area contributed by atoms with E-state index in [1.807, 2.05) is 30.6 Å². The Labute approximate surface area is 116 Å². The minimum Gasteiger partial charge on any atom is -0.339 e. The number of likely N-dealkylation sites (N-methyl/N-ethyl adjacent to an activating group) is 1. The highest BCUT2D eigenvalue weighted by atomic mass is 16.2. The van der Waals surface area contributed by atoms with E-state index in [0.29, 0.717) is 13.1 Å². The van der Waals surface area contributed by atoms with Gasteiger partial charge in [0.1, 0.15) is 0 Å². The van der Waals surface area contributed by atoms with E-state index >= 15 is 0 Å². The van der Waals surface area contributed by atoms with Crippen molar-refractivity contribution in [1.82, 2.24) is 9.80 Å². The smallest absolute Gasteiger partial charge is 0.239 e. The van der Waals surface area contributed by atoms with Crippen LogP contribution in [0.15, 0.2) is 0 Å². The van der Waals surface area contributed by atoms with Gasteiger partial charge in [0.05, 0.1) is 6.04 Å². The van der Waals surface area contributed by atoms with Crippen LogP contribution in [0, 0.1) is 5.92 Å². The molecule has 0 aromatic carbocycles. The van der Waals surface area contributed by atoms with Crippen LogP contribution in [0.3, 0.4) is 0 Å². The Kier molecular flexibility index (Phi) is 5.79. The summed E-state index contributed by atoms with van der Waals surface area (Å²) in [6, 6.07) is -0.300. The van der Waals surface area contributed by atoms with Crippen LogP contribution < -0.4 is 5.73 Å². The lowest BCUT2D eigenvalue weighted by Crippen LogP contribution is -2.55. The number of nitrogens with zero attached hydrogens (tertiary/aromatic N) is 2. The Hall–Kier alpha value is -1.10. The van der Waals surface area contributed by atoms with Crippen LogP contribution in [0.1, 0.15) is 40.5 Å². The number of nitrogens with two attached hydrogens (primary N) is 1. The van der Waals surface area contributed by atoms with E-state index in [4.69, 9.17) is 5.73 Å². The molecule has 1 rings (SSSR count). The van der Waals surface area contributed by atoms with E-state index in [-0.39, 0.29) is 23.8 Å². The molecule has 0 bridgehead atoms. The molecule has 1 aliphatic heterocycles. The molecule has 0 aliphatic carbocycles. The average molecular weight is 269 g/mol. The first kappa shape index (κ1) is 16.0. The zero-order chi connectivity index (χ0) is 14.6. The lowest BCUT2D eigenvalue weighted by molar-refractivity contribution is -0.139. The van der Waals surface area contributed by atoms with Crippen LogP contribution in [0.4, 0.5) is 0 Å². The quantitative estimate of drug-likeness (QED) is 0.822. The summed E-state index contributed by atoms with van der Waals surface area (Å²) >= 11 is 0. The van der Waals surface area contributed by atoms with Crippen molar-refractivity contribution in [1.29, 1.82) is 0 Å². The van der Waals surface area contributed by atoms with Crippen molar-refractivity contribution in [2.24, 2.45) is 11.7 Å². The molecule has 0 saturated carbocycles. The predicted molar refractivity (Wildman–Crippen MR) is 75.5 cm³/mol. The van der Waals surface area contributed by atoms with Gasteiger partial charge in [-0.1, -0.05) is 13.8 Å². The second kappa shape index (κ2) is 6.89. The number of piperidine rings is 1. The van der Waals surface area contributed by atoms with Gasteiger partial charge in [-0.3, -0.25) is 9.59 Å². The highest BCUT2D eigenvalue weighted by molar-refractivity contribution is 5.82. The third-order valence-corrected chi connectivity index (χ3v) is 3.90. The largest absolute Gasteiger partial charge is 0.339 e. The van der Waals surface area contributed by atoms with E-state index in [1.54, 1.807) is 6.92 Å². The lowest BCUT2D eigenvalue weighted by Gasteiger charge is -2.39. The zero-order valence-electron chi connectivity index (χ0n) is 12.6. The first-order valence-electron chi connectivity index (χ1n) is 7.20. The maximum absolute atomic E-state index is 12.3. The molecule has 5 nitrogen and oxygen atoms in total. The fraction of sp³-hybridized carbons (Fsp3) is 0.857. The van der Waals surface area contributed by atoms with Gasteiger partial charge in [-0.15, -0.1) is 0 Å². The van der Waals surface area contributed by atoms with Gasteiger partial charge in [0.25, 0.3) is 0 Å². The predicted octanol–water partition coefficient (Wildman–Crippen LogP) is 0.829. The van der Waals surface area contributed by atoms with E-state index < -0.39 is 6.04 Å². The molecule has 1 fully saturated rings. The first-order valence-corrected chi connectivity index (χ1v) is 7.20. The van der Waals surface area contributed by atoms with Gasteiger partial charge in [0.2, 0.25) is 11.8 Å². The van der Waals surface area contributed by atoms with E-state index in [1.165, 1.54) is 0 Å². The molecule has 1 heterocycles. The van der Waals surface area contributed by atoms with E-state index in [9.17, 15) is 9.59 Å². The fourth-order valence-electron chi connectivity index (χ4n) is 2.64. The van der Waals surface area contributed by atoms with Gasteiger partial charge in [0, 0.05) is 32.6 Å². The van der Waals surface area contributed by atoms with Crippen molar-refractivity contribution in [2.45, 2.75) is 52.6 Å². The minimum absolute atomic E-state index is 0.0132. The summed E-state index contributed by atoms with van der Waals surface area (Å²) in [6.07, 6.45) is 1.90. The molecule has 0 aromatic heterocycles. The van der Waals surface area contributed by atoms with Crippen molar-refractivity contribution in [2.75, 3.05) is 19.6 Å². The molecule has 0 aromatic rings. The minimum atomic E-state index is -0.439. The third-order valence-electron chi connectivity index (χ3n) is 3.90. The van der Waals surface area contributed by atoms with Crippen LogP contribution in [-0.2, 0) is 9.59 Å². The zero-order valence-corrected chi connectivity index (χ0v) is 12.6. The Morgan fingerprint density at radius 3 is 2.53 bits per heavy atom. The topological polar surface area (TPSA) is 66.6 Å². The summed E-state index contributed by atoms with van der Waals surface area (Å²) in [6.45, 7) is 9.54. The molecule has 110 valence electrons. The van der Waals surface area contributed by atoms with Crippen LogP contribution >= 0.6 is 0 Å². The number of carbonyl (C=O) groups is 2. The molecule has 2 unspecified atom stereocenters. The molecule has 0 radical (unpaired) electrons. The second-order valence-electron chi connectivity index (χ2n) is 5.66. The third kappa shape index (κ3) is 3.93. The standard InChI is InChI=1S/C14H27N3O2/c1-5-17(11(4)18)12-7-6-8-16(9-12)14(19)13(15)10(2)3/h10,12-13H,5-9,15H2,1-4H3.